The zero-order valence-corrected chi connectivity index (χ0v) is 11.1. The average molecular weight is 270 g/mol. The molecule has 88 valence electrons. The first-order valence-electron chi connectivity index (χ1n) is 5.57. The molecule has 0 fully saturated rings. The number of carbonyl (C=O) groups excluding carboxylic acids is 1. The van der Waals surface area contributed by atoms with Gasteiger partial charge in [0, 0.05) is 16.0 Å². The predicted octanol–water partition coefficient (Wildman–Crippen LogP) is 4.71. The van der Waals surface area contributed by atoms with E-state index in [0.717, 1.165) is 20.9 Å². The zero-order chi connectivity index (χ0) is 12.4. The Morgan fingerprint density at radius 2 is 1.67 bits per heavy atom. The second-order valence-electron chi connectivity index (χ2n) is 3.84. The monoisotopic (exact) mass is 270 g/mol. The maximum atomic E-state index is 12.4. The van der Waals surface area contributed by atoms with Crippen molar-refractivity contribution in [3.63, 3.8) is 0 Å². The van der Waals surface area contributed by atoms with Gasteiger partial charge in [0.1, 0.15) is 0 Å². The second-order valence-corrected chi connectivity index (χ2v) is 5.70. The molecule has 0 aliphatic carbocycles. The van der Waals surface area contributed by atoms with Crippen LogP contribution in [0.15, 0.2) is 59.3 Å². The molecule has 0 amide bonds. The quantitative estimate of drug-likeness (QED) is 0.630. The van der Waals surface area contributed by atoms with Crippen molar-refractivity contribution in [1.29, 1.82) is 0 Å². The summed E-state index contributed by atoms with van der Waals surface area (Å²) < 4.78 is 0. The van der Waals surface area contributed by atoms with Gasteiger partial charge in [-0.1, -0.05) is 36.4 Å². The number of hydrogen-bond donors (Lipinski definition) is 0. The van der Waals surface area contributed by atoms with E-state index in [9.17, 15) is 4.79 Å². The van der Waals surface area contributed by atoms with Gasteiger partial charge in [-0.15, -0.1) is 22.7 Å². The first kappa shape index (κ1) is 11.4. The van der Waals surface area contributed by atoms with Crippen LogP contribution in [0.1, 0.15) is 15.9 Å². The van der Waals surface area contributed by atoms with Crippen LogP contribution in [-0.2, 0) is 0 Å². The molecular formula is C15H10OS2. The van der Waals surface area contributed by atoms with Crippen molar-refractivity contribution in [1.82, 2.24) is 0 Å². The Balaban J connectivity index is 2.04. The number of hydrogen-bond acceptors (Lipinski definition) is 3. The third-order valence-corrected chi connectivity index (χ3v) is 4.66. The lowest BCUT2D eigenvalue weighted by Gasteiger charge is -2.01. The van der Waals surface area contributed by atoms with Crippen LogP contribution < -0.4 is 0 Å². The lowest BCUT2D eigenvalue weighted by Crippen LogP contribution is -2.00. The van der Waals surface area contributed by atoms with Crippen LogP contribution in [0.5, 0.6) is 0 Å². The molecule has 0 unspecified atom stereocenters. The van der Waals surface area contributed by atoms with Crippen LogP contribution in [0, 0.1) is 0 Å². The molecule has 2 heterocycles. The molecule has 0 radical (unpaired) electrons. The molecule has 0 spiro atoms. The number of rotatable bonds is 3. The molecule has 3 aromatic rings. The lowest BCUT2D eigenvalue weighted by molar-refractivity contribution is 0.104. The molecule has 0 aliphatic rings. The van der Waals surface area contributed by atoms with Crippen LogP contribution >= 0.6 is 22.7 Å². The van der Waals surface area contributed by atoms with Gasteiger partial charge in [0.15, 0.2) is 5.78 Å². The van der Waals surface area contributed by atoms with Gasteiger partial charge >= 0.3 is 0 Å². The minimum absolute atomic E-state index is 0.0975. The summed E-state index contributed by atoms with van der Waals surface area (Å²) in [4.78, 5) is 14.7. The fraction of sp³-hybridized carbons (Fsp3) is 0. The van der Waals surface area contributed by atoms with Gasteiger partial charge < -0.3 is 0 Å². The predicted molar refractivity (Wildman–Crippen MR) is 77.5 cm³/mol. The van der Waals surface area contributed by atoms with E-state index in [1.54, 1.807) is 22.7 Å². The van der Waals surface area contributed by atoms with Crippen LogP contribution in [-0.4, -0.2) is 5.78 Å². The Hall–Kier alpha value is -1.71. The second kappa shape index (κ2) is 4.88. The van der Waals surface area contributed by atoms with E-state index in [-0.39, 0.29) is 5.78 Å². The van der Waals surface area contributed by atoms with Gasteiger partial charge in [0.25, 0.3) is 0 Å². The fourth-order valence-corrected chi connectivity index (χ4v) is 3.61. The molecule has 0 bridgehead atoms. The molecule has 1 aromatic carbocycles. The summed E-state index contributed by atoms with van der Waals surface area (Å²) in [6.45, 7) is 0. The Bertz CT molecular complexity index is 651. The maximum Gasteiger partial charge on any atom is 0.194 e. The molecule has 0 N–H and O–H groups in total. The first-order valence-corrected chi connectivity index (χ1v) is 7.33. The van der Waals surface area contributed by atoms with Gasteiger partial charge in [-0.2, -0.15) is 0 Å². The van der Waals surface area contributed by atoms with E-state index in [4.69, 9.17) is 0 Å². The number of thiophene rings is 2. The van der Waals surface area contributed by atoms with Crippen LogP contribution in [0.4, 0.5) is 0 Å². The molecule has 18 heavy (non-hydrogen) atoms. The topological polar surface area (TPSA) is 17.1 Å². The summed E-state index contributed by atoms with van der Waals surface area (Å²) in [5.74, 6) is 0.0975. The van der Waals surface area contributed by atoms with Gasteiger partial charge in [0.05, 0.1) is 4.88 Å². The van der Waals surface area contributed by atoms with Crippen molar-refractivity contribution < 1.29 is 4.79 Å². The van der Waals surface area contributed by atoms with E-state index >= 15 is 0 Å². The summed E-state index contributed by atoms with van der Waals surface area (Å²) >= 11 is 3.29. The number of benzene rings is 1. The van der Waals surface area contributed by atoms with Gasteiger partial charge in [-0.05, 0) is 22.9 Å². The SMILES string of the molecule is O=C(c1ccccc1)c1ccsc1-c1cccs1. The first-order chi connectivity index (χ1) is 8.86. The van der Waals surface area contributed by atoms with Crippen molar-refractivity contribution in [2.24, 2.45) is 0 Å². The van der Waals surface area contributed by atoms with E-state index in [1.807, 2.05) is 53.2 Å². The summed E-state index contributed by atoms with van der Waals surface area (Å²) in [7, 11) is 0. The molecule has 0 aliphatic heterocycles. The van der Waals surface area contributed by atoms with Crippen molar-refractivity contribution >= 4 is 28.5 Å². The maximum absolute atomic E-state index is 12.4. The number of ketones is 1. The normalized spacial score (nSPS) is 10.4. The molecule has 0 saturated heterocycles. The lowest BCUT2D eigenvalue weighted by atomic mass is 10.0. The van der Waals surface area contributed by atoms with E-state index in [0.29, 0.717) is 0 Å². The summed E-state index contributed by atoms with van der Waals surface area (Å²) in [6.07, 6.45) is 0. The Kier molecular flexibility index (Phi) is 3.09. The third kappa shape index (κ3) is 2.03. The molecule has 3 heteroatoms. The number of carbonyl (C=O) groups is 1. The molecule has 0 saturated carbocycles. The van der Waals surface area contributed by atoms with Crippen molar-refractivity contribution in [3.05, 3.63) is 70.4 Å². The Labute approximate surface area is 113 Å². The fourth-order valence-electron chi connectivity index (χ4n) is 1.83. The van der Waals surface area contributed by atoms with Crippen LogP contribution in [0.2, 0.25) is 0 Å². The highest BCUT2D eigenvalue weighted by molar-refractivity contribution is 7.20. The highest BCUT2D eigenvalue weighted by Crippen LogP contribution is 2.34. The molecule has 0 atom stereocenters. The average Bonchev–Trinajstić information content (AvgIpc) is 3.09. The van der Waals surface area contributed by atoms with Crippen molar-refractivity contribution in [3.8, 4) is 9.75 Å². The van der Waals surface area contributed by atoms with Crippen LogP contribution in [0.3, 0.4) is 0 Å². The molecule has 3 rings (SSSR count). The summed E-state index contributed by atoms with van der Waals surface area (Å²) in [5.41, 5.74) is 1.54. The largest absolute Gasteiger partial charge is 0.289 e. The minimum Gasteiger partial charge on any atom is -0.289 e. The third-order valence-electron chi connectivity index (χ3n) is 2.69. The smallest absolute Gasteiger partial charge is 0.194 e. The zero-order valence-electron chi connectivity index (χ0n) is 9.50. The van der Waals surface area contributed by atoms with Gasteiger partial charge in [0.2, 0.25) is 0 Å². The highest BCUT2D eigenvalue weighted by Gasteiger charge is 2.16. The van der Waals surface area contributed by atoms with E-state index in [1.165, 1.54) is 0 Å². The molecular weight excluding hydrogens is 260 g/mol. The molecule has 2 aromatic heterocycles. The Morgan fingerprint density at radius 1 is 0.833 bits per heavy atom. The van der Waals surface area contributed by atoms with E-state index in [2.05, 4.69) is 6.07 Å². The van der Waals surface area contributed by atoms with Crippen LogP contribution in [0.25, 0.3) is 9.75 Å². The Morgan fingerprint density at radius 3 is 2.39 bits per heavy atom. The van der Waals surface area contributed by atoms with Gasteiger partial charge in [-0.3, -0.25) is 4.79 Å². The standard InChI is InChI=1S/C15H10OS2/c16-14(11-5-2-1-3-6-11)12-8-10-18-15(12)13-7-4-9-17-13/h1-10H. The summed E-state index contributed by atoms with van der Waals surface area (Å²) in [5, 5.41) is 4.01. The summed E-state index contributed by atoms with van der Waals surface area (Å²) in [6, 6.07) is 15.4. The van der Waals surface area contributed by atoms with E-state index < -0.39 is 0 Å². The van der Waals surface area contributed by atoms with Crippen molar-refractivity contribution in [2.45, 2.75) is 0 Å². The van der Waals surface area contributed by atoms with Gasteiger partial charge in [-0.25, -0.2) is 0 Å². The highest BCUT2D eigenvalue weighted by atomic mass is 32.1. The van der Waals surface area contributed by atoms with Crippen molar-refractivity contribution in [2.75, 3.05) is 0 Å². The molecule has 1 nitrogen and oxygen atoms in total. The minimum atomic E-state index is 0.0975.